The smallest absolute Gasteiger partial charge is 0.174 e. The van der Waals surface area contributed by atoms with Crippen molar-refractivity contribution < 1.29 is 4.74 Å². The molecule has 0 unspecified atom stereocenters. The quantitative estimate of drug-likeness (QED) is 0.854. The Morgan fingerprint density at radius 1 is 1.42 bits per heavy atom. The molecule has 0 amide bonds. The van der Waals surface area contributed by atoms with Crippen LogP contribution < -0.4 is 10.5 Å². The van der Waals surface area contributed by atoms with Crippen LogP contribution in [0.5, 0.6) is 5.75 Å². The van der Waals surface area contributed by atoms with E-state index in [9.17, 15) is 0 Å². The van der Waals surface area contributed by atoms with Gasteiger partial charge in [0.1, 0.15) is 11.6 Å². The molecule has 2 aromatic rings. The molecule has 1 heterocycles. The van der Waals surface area contributed by atoms with Gasteiger partial charge >= 0.3 is 0 Å². The maximum atomic E-state index is 6.13. The summed E-state index contributed by atoms with van der Waals surface area (Å²) >= 11 is 2.93. The number of nitrogen functional groups attached to an aromatic ring is 1. The molecule has 19 heavy (non-hydrogen) atoms. The minimum Gasteiger partial charge on any atom is -0.489 e. The molecule has 0 saturated carbocycles. The van der Waals surface area contributed by atoms with Crippen molar-refractivity contribution in [1.82, 2.24) is 9.36 Å². The van der Waals surface area contributed by atoms with Crippen LogP contribution in [-0.2, 0) is 6.42 Å². The third-order valence-electron chi connectivity index (χ3n) is 2.35. The van der Waals surface area contributed by atoms with E-state index >= 15 is 0 Å². The van der Waals surface area contributed by atoms with Gasteiger partial charge < -0.3 is 10.5 Å². The van der Waals surface area contributed by atoms with Crippen molar-refractivity contribution in [2.75, 3.05) is 5.73 Å². The fourth-order valence-electron chi connectivity index (χ4n) is 1.49. The topological polar surface area (TPSA) is 61.0 Å². The van der Waals surface area contributed by atoms with Gasteiger partial charge in [0, 0.05) is 11.3 Å². The molecule has 0 spiro atoms. The normalized spacial score (nSPS) is 10.9. The van der Waals surface area contributed by atoms with E-state index in [0.29, 0.717) is 5.69 Å². The Labute approximate surface area is 121 Å². The maximum Gasteiger partial charge on any atom is 0.174 e. The Balaban J connectivity index is 2.20. The van der Waals surface area contributed by atoms with Crippen molar-refractivity contribution in [3.8, 4) is 5.75 Å². The SMILES string of the molecule is CCc1nsc(Sc2cccc(OC(C)C)c2N)n1. The first-order chi connectivity index (χ1) is 9.10. The van der Waals surface area contributed by atoms with Crippen LogP contribution in [0.1, 0.15) is 26.6 Å². The molecule has 0 aliphatic heterocycles. The summed E-state index contributed by atoms with van der Waals surface area (Å²) in [5.41, 5.74) is 6.79. The summed E-state index contributed by atoms with van der Waals surface area (Å²) in [5.74, 6) is 1.60. The number of aryl methyl sites for hydroxylation is 1. The summed E-state index contributed by atoms with van der Waals surface area (Å²) in [4.78, 5) is 5.39. The average molecular weight is 295 g/mol. The summed E-state index contributed by atoms with van der Waals surface area (Å²) in [5, 5.41) is 0. The van der Waals surface area contributed by atoms with Gasteiger partial charge in [-0.1, -0.05) is 24.8 Å². The standard InChI is InChI=1S/C13H17N3OS2/c1-4-11-15-13(19-16-11)18-10-7-5-6-9(12(10)14)17-8(2)3/h5-8H,4,14H2,1-3H3. The summed E-state index contributed by atoms with van der Waals surface area (Å²) in [7, 11) is 0. The summed E-state index contributed by atoms with van der Waals surface area (Å²) in [6.07, 6.45) is 0.957. The maximum absolute atomic E-state index is 6.13. The minimum atomic E-state index is 0.107. The number of hydrogen-bond donors (Lipinski definition) is 1. The van der Waals surface area contributed by atoms with Crippen molar-refractivity contribution in [3.05, 3.63) is 24.0 Å². The molecule has 0 fully saturated rings. The van der Waals surface area contributed by atoms with Gasteiger partial charge in [-0.25, -0.2) is 4.98 Å². The van der Waals surface area contributed by atoms with Gasteiger partial charge in [-0.05, 0) is 37.5 Å². The van der Waals surface area contributed by atoms with E-state index in [1.54, 1.807) is 0 Å². The molecular weight excluding hydrogens is 278 g/mol. The second kappa shape index (κ2) is 6.25. The highest BCUT2D eigenvalue weighted by Crippen LogP contribution is 2.37. The number of anilines is 1. The number of nitrogens with zero attached hydrogens (tertiary/aromatic N) is 2. The highest BCUT2D eigenvalue weighted by Gasteiger charge is 2.11. The summed E-state index contributed by atoms with van der Waals surface area (Å²) in [6, 6.07) is 5.80. The van der Waals surface area contributed by atoms with Crippen LogP contribution in [0.2, 0.25) is 0 Å². The molecule has 0 aliphatic rings. The first-order valence-electron chi connectivity index (χ1n) is 6.15. The predicted octanol–water partition coefficient (Wildman–Crippen LogP) is 3.62. The lowest BCUT2D eigenvalue weighted by atomic mass is 10.3. The molecule has 1 aromatic heterocycles. The molecule has 102 valence electrons. The molecule has 2 N–H and O–H groups in total. The van der Waals surface area contributed by atoms with E-state index in [1.165, 1.54) is 23.3 Å². The van der Waals surface area contributed by atoms with Crippen molar-refractivity contribution in [1.29, 1.82) is 0 Å². The molecule has 1 aromatic carbocycles. The van der Waals surface area contributed by atoms with Crippen LogP contribution in [0.15, 0.2) is 27.4 Å². The Morgan fingerprint density at radius 3 is 2.84 bits per heavy atom. The zero-order valence-electron chi connectivity index (χ0n) is 11.2. The first-order valence-corrected chi connectivity index (χ1v) is 7.74. The van der Waals surface area contributed by atoms with E-state index < -0.39 is 0 Å². The van der Waals surface area contributed by atoms with Crippen LogP contribution in [0, 0.1) is 0 Å². The largest absolute Gasteiger partial charge is 0.489 e. The van der Waals surface area contributed by atoms with Crippen molar-refractivity contribution in [3.63, 3.8) is 0 Å². The van der Waals surface area contributed by atoms with Crippen molar-refractivity contribution in [2.24, 2.45) is 0 Å². The van der Waals surface area contributed by atoms with Crippen LogP contribution in [0.4, 0.5) is 5.69 Å². The molecule has 0 bridgehead atoms. The lowest BCUT2D eigenvalue weighted by Crippen LogP contribution is -2.07. The third kappa shape index (κ3) is 3.61. The van der Waals surface area contributed by atoms with Crippen LogP contribution in [0.3, 0.4) is 0 Å². The Kier molecular flexibility index (Phi) is 4.66. The number of ether oxygens (including phenoxy) is 1. The minimum absolute atomic E-state index is 0.107. The first kappa shape index (κ1) is 14.1. The van der Waals surface area contributed by atoms with Gasteiger partial charge in [0.25, 0.3) is 0 Å². The van der Waals surface area contributed by atoms with Crippen molar-refractivity contribution >= 4 is 29.0 Å². The number of para-hydroxylation sites is 1. The Morgan fingerprint density at radius 2 is 2.21 bits per heavy atom. The molecule has 0 atom stereocenters. The second-order valence-electron chi connectivity index (χ2n) is 4.27. The molecular formula is C13H17N3OS2. The van der Waals surface area contributed by atoms with Gasteiger partial charge in [-0.2, -0.15) is 4.37 Å². The zero-order chi connectivity index (χ0) is 13.8. The van der Waals surface area contributed by atoms with Gasteiger partial charge in [-0.3, -0.25) is 0 Å². The number of nitrogens with two attached hydrogens (primary N) is 1. The molecule has 0 saturated heterocycles. The monoisotopic (exact) mass is 295 g/mol. The average Bonchev–Trinajstić information content (AvgIpc) is 2.81. The number of benzene rings is 1. The van der Waals surface area contributed by atoms with E-state index in [0.717, 1.165) is 27.2 Å². The summed E-state index contributed by atoms with van der Waals surface area (Å²) in [6.45, 7) is 6.01. The van der Waals surface area contributed by atoms with E-state index in [1.807, 2.05) is 39.0 Å². The molecule has 2 rings (SSSR count). The number of hydrogen-bond acceptors (Lipinski definition) is 6. The Bertz CT molecular complexity index is 555. The highest BCUT2D eigenvalue weighted by molar-refractivity contribution is 8.01. The molecule has 0 aliphatic carbocycles. The fourth-order valence-corrected chi connectivity index (χ4v) is 3.21. The fraction of sp³-hybridized carbons (Fsp3) is 0.385. The van der Waals surface area contributed by atoms with Gasteiger partial charge in [0.15, 0.2) is 4.34 Å². The molecule has 6 heteroatoms. The van der Waals surface area contributed by atoms with Gasteiger partial charge in [-0.15, -0.1) is 0 Å². The predicted molar refractivity (Wildman–Crippen MR) is 80.0 cm³/mol. The van der Waals surface area contributed by atoms with Gasteiger partial charge in [0.05, 0.1) is 11.8 Å². The zero-order valence-corrected chi connectivity index (χ0v) is 12.8. The van der Waals surface area contributed by atoms with Crippen LogP contribution in [0.25, 0.3) is 0 Å². The third-order valence-corrected chi connectivity index (χ3v) is 4.22. The Hall–Kier alpha value is -1.27. The number of rotatable bonds is 5. The van der Waals surface area contributed by atoms with E-state index in [4.69, 9.17) is 10.5 Å². The number of aromatic nitrogens is 2. The lowest BCUT2D eigenvalue weighted by Gasteiger charge is -2.13. The van der Waals surface area contributed by atoms with Crippen molar-refractivity contribution in [2.45, 2.75) is 42.5 Å². The lowest BCUT2D eigenvalue weighted by molar-refractivity contribution is 0.243. The molecule has 4 nitrogen and oxygen atoms in total. The van der Waals surface area contributed by atoms with E-state index in [-0.39, 0.29) is 6.10 Å². The van der Waals surface area contributed by atoms with Crippen LogP contribution in [-0.4, -0.2) is 15.5 Å². The molecule has 0 radical (unpaired) electrons. The second-order valence-corrected chi connectivity index (χ2v) is 6.31. The summed E-state index contributed by atoms with van der Waals surface area (Å²) < 4.78 is 10.9. The highest BCUT2D eigenvalue weighted by atomic mass is 32.2. The van der Waals surface area contributed by atoms with Crippen LogP contribution >= 0.6 is 23.3 Å². The van der Waals surface area contributed by atoms with Gasteiger partial charge in [0.2, 0.25) is 0 Å². The van der Waals surface area contributed by atoms with E-state index in [2.05, 4.69) is 9.36 Å².